The molecule has 0 aliphatic heterocycles. The first-order chi connectivity index (χ1) is 10.0. The molecule has 2 unspecified atom stereocenters. The number of pyridine rings is 1. The zero-order valence-corrected chi connectivity index (χ0v) is 12.2. The van der Waals surface area contributed by atoms with Crippen molar-refractivity contribution in [2.45, 2.75) is 38.6 Å². The van der Waals surface area contributed by atoms with E-state index in [9.17, 15) is 14.9 Å². The predicted molar refractivity (Wildman–Crippen MR) is 77.3 cm³/mol. The van der Waals surface area contributed by atoms with Gasteiger partial charge in [0.15, 0.2) is 0 Å². The van der Waals surface area contributed by atoms with Crippen LogP contribution in [0.4, 0.5) is 11.5 Å². The topological polar surface area (TPSA) is 94.4 Å². The molecule has 7 heteroatoms. The molecule has 0 radical (unpaired) electrons. The number of hydrogen-bond donors (Lipinski definition) is 1. The highest BCUT2D eigenvalue weighted by molar-refractivity contribution is 5.90. The average molecular weight is 293 g/mol. The number of rotatable bonds is 4. The van der Waals surface area contributed by atoms with Crippen LogP contribution in [0.15, 0.2) is 12.3 Å². The SMILES string of the molecule is COC(=O)c1cnc(NC2CCCC(C)C2)c([N+](=O)[O-])c1. The molecular weight excluding hydrogens is 274 g/mol. The van der Waals surface area contributed by atoms with Crippen LogP contribution in [0.3, 0.4) is 0 Å². The second-order valence-corrected chi connectivity index (χ2v) is 5.45. The van der Waals surface area contributed by atoms with Crippen LogP contribution in [0.5, 0.6) is 0 Å². The fraction of sp³-hybridized carbons (Fsp3) is 0.571. The van der Waals surface area contributed by atoms with E-state index in [0.717, 1.165) is 19.3 Å². The summed E-state index contributed by atoms with van der Waals surface area (Å²) in [7, 11) is 1.23. The molecule has 1 aromatic heterocycles. The predicted octanol–water partition coefficient (Wildman–Crippen LogP) is 2.77. The molecule has 114 valence electrons. The third-order valence-corrected chi connectivity index (χ3v) is 3.76. The van der Waals surface area contributed by atoms with Crippen molar-refractivity contribution < 1.29 is 14.5 Å². The van der Waals surface area contributed by atoms with E-state index in [-0.39, 0.29) is 23.1 Å². The average Bonchev–Trinajstić information content (AvgIpc) is 2.46. The van der Waals surface area contributed by atoms with Gasteiger partial charge in [0, 0.05) is 18.3 Å². The summed E-state index contributed by atoms with van der Waals surface area (Å²) in [5.74, 6) is 0.180. The van der Waals surface area contributed by atoms with Crippen LogP contribution < -0.4 is 5.32 Å². The molecule has 7 nitrogen and oxygen atoms in total. The summed E-state index contributed by atoms with van der Waals surface area (Å²) in [5.41, 5.74) is -0.122. The molecule has 2 rings (SSSR count). The van der Waals surface area contributed by atoms with Gasteiger partial charge in [-0.3, -0.25) is 10.1 Å². The standard InChI is InChI=1S/C14H19N3O4/c1-9-4-3-5-11(6-9)16-13-12(17(19)20)7-10(8-15-13)14(18)21-2/h7-9,11H,3-6H2,1-2H3,(H,15,16). The van der Waals surface area contributed by atoms with Gasteiger partial charge in [-0.15, -0.1) is 0 Å². The van der Waals surface area contributed by atoms with Gasteiger partial charge in [-0.25, -0.2) is 9.78 Å². The molecule has 1 aliphatic carbocycles. The Balaban J connectivity index is 2.22. The lowest BCUT2D eigenvalue weighted by Crippen LogP contribution is -2.27. The lowest BCUT2D eigenvalue weighted by atomic mass is 9.87. The van der Waals surface area contributed by atoms with E-state index in [0.29, 0.717) is 5.92 Å². The van der Waals surface area contributed by atoms with Crippen LogP contribution in [0.2, 0.25) is 0 Å². The number of nitrogens with one attached hydrogen (secondary N) is 1. The maximum absolute atomic E-state index is 11.4. The molecule has 1 fully saturated rings. The lowest BCUT2D eigenvalue weighted by Gasteiger charge is -2.27. The van der Waals surface area contributed by atoms with Crippen molar-refractivity contribution in [3.05, 3.63) is 27.9 Å². The van der Waals surface area contributed by atoms with Crippen LogP contribution in [-0.4, -0.2) is 29.0 Å². The van der Waals surface area contributed by atoms with Gasteiger partial charge in [-0.1, -0.05) is 19.8 Å². The summed E-state index contributed by atoms with van der Waals surface area (Å²) >= 11 is 0. The van der Waals surface area contributed by atoms with E-state index in [4.69, 9.17) is 0 Å². The van der Waals surface area contributed by atoms with Gasteiger partial charge in [0.1, 0.15) is 0 Å². The number of hydrogen-bond acceptors (Lipinski definition) is 6. The van der Waals surface area contributed by atoms with Crippen molar-refractivity contribution >= 4 is 17.5 Å². The summed E-state index contributed by atoms with van der Waals surface area (Å²) in [6.07, 6.45) is 5.54. The highest BCUT2D eigenvalue weighted by Gasteiger charge is 2.24. The van der Waals surface area contributed by atoms with Crippen LogP contribution in [0.1, 0.15) is 43.0 Å². The van der Waals surface area contributed by atoms with Gasteiger partial charge < -0.3 is 10.1 Å². The highest BCUT2D eigenvalue weighted by Crippen LogP contribution is 2.29. The maximum Gasteiger partial charge on any atom is 0.339 e. The number of nitro groups is 1. The number of esters is 1. The summed E-state index contributed by atoms with van der Waals surface area (Å²) in [6.45, 7) is 2.18. The van der Waals surface area contributed by atoms with E-state index >= 15 is 0 Å². The Morgan fingerprint density at radius 2 is 2.29 bits per heavy atom. The molecule has 0 amide bonds. The van der Waals surface area contributed by atoms with Crippen molar-refractivity contribution in [3.63, 3.8) is 0 Å². The van der Waals surface area contributed by atoms with Crippen LogP contribution in [-0.2, 0) is 4.74 Å². The molecule has 1 aliphatic rings. The van der Waals surface area contributed by atoms with Gasteiger partial charge >= 0.3 is 11.7 Å². The van der Waals surface area contributed by atoms with E-state index in [1.165, 1.54) is 25.8 Å². The third kappa shape index (κ3) is 3.68. The highest BCUT2D eigenvalue weighted by atomic mass is 16.6. The Morgan fingerprint density at radius 1 is 1.52 bits per heavy atom. The molecular formula is C14H19N3O4. The number of nitrogens with zero attached hydrogens (tertiary/aromatic N) is 2. The number of carbonyl (C=O) groups is 1. The van der Waals surface area contributed by atoms with Crippen molar-refractivity contribution in [3.8, 4) is 0 Å². The molecule has 0 bridgehead atoms. The van der Waals surface area contributed by atoms with E-state index in [1.54, 1.807) is 0 Å². The first kappa shape index (κ1) is 15.2. The van der Waals surface area contributed by atoms with E-state index in [2.05, 4.69) is 22.0 Å². The normalized spacial score (nSPS) is 21.6. The van der Waals surface area contributed by atoms with Crippen molar-refractivity contribution in [1.29, 1.82) is 0 Å². The summed E-state index contributed by atoms with van der Waals surface area (Å²) in [5, 5.41) is 14.3. The van der Waals surface area contributed by atoms with Crippen molar-refractivity contribution in [1.82, 2.24) is 4.98 Å². The number of methoxy groups -OCH3 is 1. The Labute approximate surface area is 122 Å². The Kier molecular flexibility index (Phi) is 4.72. The third-order valence-electron chi connectivity index (χ3n) is 3.76. The molecule has 1 heterocycles. The maximum atomic E-state index is 11.4. The molecule has 0 saturated heterocycles. The molecule has 1 N–H and O–H groups in total. The number of aromatic nitrogens is 1. The second-order valence-electron chi connectivity index (χ2n) is 5.45. The van der Waals surface area contributed by atoms with E-state index < -0.39 is 10.9 Å². The Hall–Kier alpha value is -2.18. The molecule has 1 aromatic rings. The minimum Gasteiger partial charge on any atom is -0.465 e. The second kappa shape index (κ2) is 6.51. The smallest absolute Gasteiger partial charge is 0.339 e. The van der Waals surface area contributed by atoms with Gasteiger partial charge in [-0.2, -0.15) is 0 Å². The fourth-order valence-corrected chi connectivity index (χ4v) is 2.69. The van der Waals surface area contributed by atoms with Crippen LogP contribution in [0, 0.1) is 16.0 Å². The minimum absolute atomic E-state index is 0.0757. The Bertz CT molecular complexity index is 547. The van der Waals surface area contributed by atoms with Gasteiger partial charge in [0.05, 0.1) is 17.6 Å². The van der Waals surface area contributed by atoms with Gasteiger partial charge in [-0.05, 0) is 18.8 Å². The Morgan fingerprint density at radius 3 is 2.90 bits per heavy atom. The minimum atomic E-state index is -0.636. The number of carbonyl (C=O) groups excluding carboxylic acids is 1. The lowest BCUT2D eigenvalue weighted by molar-refractivity contribution is -0.384. The quantitative estimate of drug-likeness (QED) is 0.521. The monoisotopic (exact) mass is 293 g/mol. The van der Waals surface area contributed by atoms with Gasteiger partial charge in [0.25, 0.3) is 0 Å². The largest absolute Gasteiger partial charge is 0.465 e. The first-order valence-corrected chi connectivity index (χ1v) is 7.00. The van der Waals surface area contributed by atoms with Gasteiger partial charge in [0.2, 0.25) is 5.82 Å². The van der Waals surface area contributed by atoms with E-state index in [1.807, 2.05) is 0 Å². The summed E-state index contributed by atoms with van der Waals surface area (Å²) in [4.78, 5) is 26.1. The van der Waals surface area contributed by atoms with Crippen LogP contribution in [0.25, 0.3) is 0 Å². The number of ether oxygens (including phenoxy) is 1. The summed E-state index contributed by atoms with van der Waals surface area (Å²) < 4.78 is 4.55. The molecule has 0 aromatic carbocycles. The van der Waals surface area contributed by atoms with Crippen molar-refractivity contribution in [2.75, 3.05) is 12.4 Å². The van der Waals surface area contributed by atoms with Crippen molar-refractivity contribution in [2.24, 2.45) is 5.92 Å². The zero-order valence-electron chi connectivity index (χ0n) is 12.2. The molecule has 0 spiro atoms. The number of anilines is 1. The summed E-state index contributed by atoms with van der Waals surface area (Å²) in [6, 6.07) is 1.39. The zero-order chi connectivity index (χ0) is 15.4. The fourth-order valence-electron chi connectivity index (χ4n) is 2.69. The van der Waals surface area contributed by atoms with Crippen LogP contribution >= 0.6 is 0 Å². The first-order valence-electron chi connectivity index (χ1n) is 7.00. The molecule has 2 atom stereocenters. The molecule has 1 saturated carbocycles. The molecule has 21 heavy (non-hydrogen) atoms.